The number of aromatic hydroxyl groups is 1. The molecule has 0 saturated heterocycles. The summed E-state index contributed by atoms with van der Waals surface area (Å²) >= 11 is 0. The van der Waals surface area contributed by atoms with Gasteiger partial charge in [-0.15, -0.1) is 0 Å². The molecule has 4 N–H and O–H groups in total. The molecule has 12 heavy (non-hydrogen) atoms. The number of nitrogens with one attached hydrogen (secondary N) is 1. The number of hydrogen-bond donors (Lipinski definition) is 3. The molecule has 1 aromatic rings. The number of phenols is 1. The lowest BCUT2D eigenvalue weighted by atomic mass is 9.95. The average Bonchev–Trinajstić information content (AvgIpc) is 2.05. The Balaban J connectivity index is 2.96. The Morgan fingerprint density at radius 2 is 1.75 bits per heavy atom. The molecule has 0 bridgehead atoms. The van der Waals surface area contributed by atoms with Gasteiger partial charge in [-0.25, -0.2) is 0 Å². The Bertz CT molecular complexity index is 254. The number of benzene rings is 1. The van der Waals surface area contributed by atoms with E-state index in [1.807, 2.05) is 26.0 Å². The van der Waals surface area contributed by atoms with Crippen LogP contribution in [-0.2, 0) is 5.54 Å². The van der Waals surface area contributed by atoms with Crippen molar-refractivity contribution in [3.63, 3.8) is 0 Å². The predicted molar refractivity (Wildman–Crippen MR) is 48.5 cm³/mol. The second-order valence-corrected chi connectivity index (χ2v) is 3.32. The molecular weight excluding hydrogens is 152 g/mol. The molecule has 0 fully saturated rings. The summed E-state index contributed by atoms with van der Waals surface area (Å²) in [7, 11) is 0. The van der Waals surface area contributed by atoms with Crippen LogP contribution < -0.4 is 11.3 Å². The van der Waals surface area contributed by atoms with E-state index in [9.17, 15) is 0 Å². The van der Waals surface area contributed by atoms with Gasteiger partial charge in [0, 0.05) is 0 Å². The maximum Gasteiger partial charge on any atom is 0.115 e. The van der Waals surface area contributed by atoms with Crippen LogP contribution >= 0.6 is 0 Å². The molecule has 1 rings (SSSR count). The van der Waals surface area contributed by atoms with Crippen LogP contribution in [0, 0.1) is 0 Å². The zero-order valence-electron chi connectivity index (χ0n) is 7.33. The number of hydrogen-bond acceptors (Lipinski definition) is 3. The summed E-state index contributed by atoms with van der Waals surface area (Å²) in [4.78, 5) is 0. The average molecular weight is 166 g/mol. The first-order chi connectivity index (χ1) is 5.56. The third-order valence-electron chi connectivity index (χ3n) is 1.95. The second kappa shape index (κ2) is 3.13. The lowest BCUT2D eigenvalue weighted by Crippen LogP contribution is -2.41. The highest BCUT2D eigenvalue weighted by atomic mass is 16.3. The first kappa shape index (κ1) is 9.03. The van der Waals surface area contributed by atoms with Gasteiger partial charge in [0.15, 0.2) is 0 Å². The third kappa shape index (κ3) is 1.75. The largest absolute Gasteiger partial charge is 0.508 e. The molecule has 0 spiro atoms. The van der Waals surface area contributed by atoms with E-state index in [2.05, 4.69) is 5.43 Å². The maximum atomic E-state index is 9.04. The summed E-state index contributed by atoms with van der Waals surface area (Å²) in [5.74, 6) is 5.63. The topological polar surface area (TPSA) is 58.3 Å². The molecule has 3 nitrogen and oxygen atoms in total. The molecule has 0 aliphatic carbocycles. The quantitative estimate of drug-likeness (QED) is 0.455. The standard InChI is InChI=1S/C9H14N2O/c1-9(2,11-10)7-3-5-8(12)6-4-7/h3-6,11-12H,10H2,1-2H3. The smallest absolute Gasteiger partial charge is 0.115 e. The molecule has 0 heterocycles. The normalized spacial score (nSPS) is 11.6. The molecule has 0 radical (unpaired) electrons. The van der Waals surface area contributed by atoms with E-state index in [0.29, 0.717) is 0 Å². The summed E-state index contributed by atoms with van der Waals surface area (Å²) in [6.07, 6.45) is 0. The van der Waals surface area contributed by atoms with Gasteiger partial charge >= 0.3 is 0 Å². The van der Waals surface area contributed by atoms with Crippen molar-refractivity contribution in [1.82, 2.24) is 5.43 Å². The van der Waals surface area contributed by atoms with E-state index in [-0.39, 0.29) is 11.3 Å². The van der Waals surface area contributed by atoms with Crippen LogP contribution in [0.3, 0.4) is 0 Å². The van der Waals surface area contributed by atoms with E-state index in [4.69, 9.17) is 10.9 Å². The van der Waals surface area contributed by atoms with E-state index in [1.165, 1.54) is 0 Å². The Morgan fingerprint density at radius 1 is 1.25 bits per heavy atom. The molecule has 0 amide bonds. The van der Waals surface area contributed by atoms with E-state index in [1.54, 1.807) is 12.1 Å². The lowest BCUT2D eigenvalue weighted by molar-refractivity contribution is 0.413. The molecule has 0 aliphatic rings. The number of hydrazine groups is 1. The number of rotatable bonds is 2. The zero-order chi connectivity index (χ0) is 9.19. The molecule has 3 heteroatoms. The minimum atomic E-state index is -0.256. The first-order valence-corrected chi connectivity index (χ1v) is 3.83. The van der Waals surface area contributed by atoms with Crippen LogP contribution in [0.2, 0.25) is 0 Å². The van der Waals surface area contributed by atoms with Crippen molar-refractivity contribution in [2.24, 2.45) is 5.84 Å². The minimum absolute atomic E-state index is 0.256. The fourth-order valence-corrected chi connectivity index (χ4v) is 0.961. The van der Waals surface area contributed by atoms with Gasteiger partial charge in [-0.2, -0.15) is 0 Å². The van der Waals surface area contributed by atoms with E-state index < -0.39 is 0 Å². The van der Waals surface area contributed by atoms with Crippen molar-refractivity contribution in [2.45, 2.75) is 19.4 Å². The van der Waals surface area contributed by atoms with Gasteiger partial charge in [-0.05, 0) is 31.5 Å². The van der Waals surface area contributed by atoms with Gasteiger partial charge in [0.1, 0.15) is 5.75 Å². The Labute approximate surface area is 72.2 Å². The van der Waals surface area contributed by atoms with Crippen molar-refractivity contribution in [1.29, 1.82) is 0 Å². The van der Waals surface area contributed by atoms with Crippen LogP contribution in [0.15, 0.2) is 24.3 Å². The minimum Gasteiger partial charge on any atom is -0.508 e. The monoisotopic (exact) mass is 166 g/mol. The van der Waals surface area contributed by atoms with Crippen LogP contribution in [0.4, 0.5) is 0 Å². The summed E-state index contributed by atoms with van der Waals surface area (Å²) in [6.45, 7) is 3.94. The molecule has 66 valence electrons. The summed E-state index contributed by atoms with van der Waals surface area (Å²) in [6, 6.07) is 6.98. The lowest BCUT2D eigenvalue weighted by Gasteiger charge is -2.23. The van der Waals surface area contributed by atoms with Crippen LogP contribution in [0.25, 0.3) is 0 Å². The highest BCUT2D eigenvalue weighted by Gasteiger charge is 2.17. The van der Waals surface area contributed by atoms with Gasteiger partial charge in [0.2, 0.25) is 0 Å². The van der Waals surface area contributed by atoms with Gasteiger partial charge in [0.25, 0.3) is 0 Å². The molecule has 0 aliphatic heterocycles. The molecule has 0 aromatic heterocycles. The van der Waals surface area contributed by atoms with Crippen molar-refractivity contribution in [3.8, 4) is 5.75 Å². The van der Waals surface area contributed by atoms with Gasteiger partial charge in [-0.3, -0.25) is 11.3 Å². The van der Waals surface area contributed by atoms with Gasteiger partial charge < -0.3 is 5.11 Å². The summed E-state index contributed by atoms with van der Waals surface area (Å²) in [5.41, 5.74) is 3.48. The molecule has 0 unspecified atom stereocenters. The number of nitrogens with two attached hydrogens (primary N) is 1. The van der Waals surface area contributed by atoms with Crippen LogP contribution in [0.1, 0.15) is 19.4 Å². The van der Waals surface area contributed by atoms with Crippen LogP contribution in [0.5, 0.6) is 5.75 Å². The zero-order valence-corrected chi connectivity index (χ0v) is 7.33. The second-order valence-electron chi connectivity index (χ2n) is 3.32. The molecule has 0 saturated carbocycles. The third-order valence-corrected chi connectivity index (χ3v) is 1.95. The van der Waals surface area contributed by atoms with Crippen LogP contribution in [-0.4, -0.2) is 5.11 Å². The fourth-order valence-electron chi connectivity index (χ4n) is 0.961. The van der Waals surface area contributed by atoms with Gasteiger partial charge in [-0.1, -0.05) is 12.1 Å². The highest BCUT2D eigenvalue weighted by Crippen LogP contribution is 2.20. The molecule has 1 aromatic carbocycles. The molecule has 0 atom stereocenters. The Hall–Kier alpha value is -1.06. The van der Waals surface area contributed by atoms with Crippen molar-refractivity contribution in [3.05, 3.63) is 29.8 Å². The Morgan fingerprint density at radius 3 is 2.17 bits per heavy atom. The predicted octanol–water partition coefficient (Wildman–Crippen LogP) is 1.09. The SMILES string of the molecule is CC(C)(NN)c1ccc(O)cc1. The highest BCUT2D eigenvalue weighted by molar-refractivity contribution is 5.29. The Kier molecular flexibility index (Phi) is 2.35. The van der Waals surface area contributed by atoms with E-state index in [0.717, 1.165) is 5.56 Å². The van der Waals surface area contributed by atoms with E-state index >= 15 is 0 Å². The van der Waals surface area contributed by atoms with Crippen molar-refractivity contribution >= 4 is 0 Å². The maximum absolute atomic E-state index is 9.04. The summed E-state index contributed by atoms with van der Waals surface area (Å²) in [5, 5.41) is 9.04. The van der Waals surface area contributed by atoms with Gasteiger partial charge in [0.05, 0.1) is 5.54 Å². The molecular formula is C9H14N2O. The summed E-state index contributed by atoms with van der Waals surface area (Å²) < 4.78 is 0. The number of phenolic OH excluding ortho intramolecular Hbond substituents is 1. The van der Waals surface area contributed by atoms with Crippen molar-refractivity contribution in [2.75, 3.05) is 0 Å². The first-order valence-electron chi connectivity index (χ1n) is 3.83. The van der Waals surface area contributed by atoms with Crippen molar-refractivity contribution < 1.29 is 5.11 Å². The fraction of sp³-hybridized carbons (Fsp3) is 0.333.